The molecule has 0 saturated carbocycles. The summed E-state index contributed by atoms with van der Waals surface area (Å²) in [5, 5.41) is 13.5. The Bertz CT molecular complexity index is 1070. The molecule has 3 heterocycles. The zero-order valence-corrected chi connectivity index (χ0v) is 18.0. The topological polar surface area (TPSA) is 88.9 Å². The van der Waals surface area contributed by atoms with Gasteiger partial charge in [0.05, 0.1) is 13.2 Å². The quantitative estimate of drug-likeness (QED) is 0.672. The first kappa shape index (κ1) is 20.7. The van der Waals surface area contributed by atoms with Crippen molar-refractivity contribution in [3.05, 3.63) is 51.1 Å². The molecule has 0 radical (unpaired) electrons. The predicted molar refractivity (Wildman–Crippen MR) is 116 cm³/mol. The highest BCUT2D eigenvalue weighted by Gasteiger charge is 2.30. The number of hydrogen-bond acceptors (Lipinski definition) is 6. The molecule has 0 aliphatic carbocycles. The molecule has 30 heavy (non-hydrogen) atoms. The van der Waals surface area contributed by atoms with E-state index in [0.717, 1.165) is 48.0 Å². The molecule has 2 aromatic heterocycles. The first-order valence-corrected chi connectivity index (χ1v) is 10.7. The number of pyridine rings is 1. The molecule has 1 atom stereocenters. The number of benzene rings is 1. The Morgan fingerprint density at radius 3 is 2.63 bits per heavy atom. The SMILES string of the molecule is COCCn1nnnc1[C@H](c1cc2c(C)cc(C)cc2[nH]c1=O)N1CCCCCC1. The van der Waals surface area contributed by atoms with Crippen LogP contribution >= 0.6 is 0 Å². The molecule has 3 aromatic rings. The highest BCUT2D eigenvalue weighted by molar-refractivity contribution is 5.83. The number of fused-ring (bicyclic) bond motifs is 1. The number of likely N-dealkylation sites (tertiary alicyclic amines) is 1. The number of nitrogens with one attached hydrogen (secondary N) is 1. The smallest absolute Gasteiger partial charge is 0.253 e. The summed E-state index contributed by atoms with van der Waals surface area (Å²) in [7, 11) is 1.66. The van der Waals surface area contributed by atoms with E-state index in [0.29, 0.717) is 24.5 Å². The van der Waals surface area contributed by atoms with Gasteiger partial charge < -0.3 is 9.72 Å². The van der Waals surface area contributed by atoms with Gasteiger partial charge in [-0.3, -0.25) is 9.69 Å². The first-order chi connectivity index (χ1) is 14.6. The predicted octanol–water partition coefficient (Wildman–Crippen LogP) is 2.74. The van der Waals surface area contributed by atoms with Crippen LogP contribution in [0.3, 0.4) is 0 Å². The van der Waals surface area contributed by atoms with E-state index in [2.05, 4.69) is 38.4 Å². The maximum Gasteiger partial charge on any atom is 0.253 e. The van der Waals surface area contributed by atoms with Crippen LogP contribution in [0.1, 0.15) is 54.2 Å². The van der Waals surface area contributed by atoms with Crippen LogP contribution in [-0.4, -0.2) is 56.9 Å². The van der Waals surface area contributed by atoms with Gasteiger partial charge in [0.2, 0.25) is 0 Å². The Labute approximate surface area is 176 Å². The molecule has 1 aliphatic rings. The summed E-state index contributed by atoms with van der Waals surface area (Å²) in [5.41, 5.74) is 3.77. The van der Waals surface area contributed by atoms with Crippen molar-refractivity contribution in [1.29, 1.82) is 0 Å². The maximum atomic E-state index is 13.3. The molecule has 4 rings (SSSR count). The minimum Gasteiger partial charge on any atom is -0.383 e. The van der Waals surface area contributed by atoms with Crippen molar-refractivity contribution in [3.8, 4) is 0 Å². The van der Waals surface area contributed by atoms with Crippen LogP contribution in [0.25, 0.3) is 10.9 Å². The zero-order chi connectivity index (χ0) is 21.1. The third-order valence-electron chi connectivity index (χ3n) is 5.95. The van der Waals surface area contributed by atoms with E-state index in [-0.39, 0.29) is 11.6 Å². The molecule has 1 fully saturated rings. The second-order valence-corrected chi connectivity index (χ2v) is 8.20. The summed E-state index contributed by atoms with van der Waals surface area (Å²) in [5.74, 6) is 0.698. The van der Waals surface area contributed by atoms with Crippen molar-refractivity contribution < 1.29 is 4.74 Å². The van der Waals surface area contributed by atoms with Crippen molar-refractivity contribution >= 4 is 10.9 Å². The summed E-state index contributed by atoms with van der Waals surface area (Å²) in [6, 6.07) is 5.92. The van der Waals surface area contributed by atoms with Crippen LogP contribution < -0.4 is 5.56 Å². The largest absolute Gasteiger partial charge is 0.383 e. The number of H-pyrrole nitrogens is 1. The molecule has 0 bridgehead atoms. The summed E-state index contributed by atoms with van der Waals surface area (Å²) in [6.45, 7) is 7.03. The molecule has 1 aromatic carbocycles. The molecule has 1 aliphatic heterocycles. The number of nitrogens with zero attached hydrogens (tertiary/aromatic N) is 5. The molecule has 0 unspecified atom stereocenters. The molecule has 160 valence electrons. The van der Waals surface area contributed by atoms with E-state index in [9.17, 15) is 4.79 Å². The highest BCUT2D eigenvalue weighted by Crippen LogP contribution is 2.30. The van der Waals surface area contributed by atoms with E-state index >= 15 is 0 Å². The second-order valence-electron chi connectivity index (χ2n) is 8.20. The van der Waals surface area contributed by atoms with Crippen molar-refractivity contribution in [2.75, 3.05) is 26.8 Å². The summed E-state index contributed by atoms with van der Waals surface area (Å²) in [6.07, 6.45) is 4.65. The number of ether oxygens (including phenoxy) is 1. The molecule has 0 spiro atoms. The average molecular weight is 411 g/mol. The summed E-state index contributed by atoms with van der Waals surface area (Å²) < 4.78 is 7.00. The van der Waals surface area contributed by atoms with Crippen LogP contribution in [-0.2, 0) is 11.3 Å². The van der Waals surface area contributed by atoms with Crippen LogP contribution in [0.4, 0.5) is 0 Å². The van der Waals surface area contributed by atoms with Crippen molar-refractivity contribution in [1.82, 2.24) is 30.1 Å². The molecule has 0 amide bonds. The number of hydrogen-bond donors (Lipinski definition) is 1. The molecular weight excluding hydrogens is 380 g/mol. The third-order valence-corrected chi connectivity index (χ3v) is 5.95. The Morgan fingerprint density at radius 1 is 1.13 bits per heavy atom. The lowest BCUT2D eigenvalue weighted by Gasteiger charge is -2.29. The van der Waals surface area contributed by atoms with Crippen LogP contribution in [0.5, 0.6) is 0 Å². The minimum atomic E-state index is -0.288. The van der Waals surface area contributed by atoms with Gasteiger partial charge >= 0.3 is 0 Å². The van der Waals surface area contributed by atoms with Gasteiger partial charge in [-0.2, -0.15) is 0 Å². The summed E-state index contributed by atoms with van der Waals surface area (Å²) in [4.78, 5) is 18.7. The highest BCUT2D eigenvalue weighted by atomic mass is 16.5. The molecule has 8 heteroatoms. The lowest BCUT2D eigenvalue weighted by molar-refractivity contribution is 0.175. The van der Waals surface area contributed by atoms with Crippen LogP contribution in [0.2, 0.25) is 0 Å². The van der Waals surface area contributed by atoms with Gasteiger partial charge in [-0.25, -0.2) is 4.68 Å². The minimum absolute atomic E-state index is 0.0805. The van der Waals surface area contributed by atoms with Gasteiger partial charge in [-0.05, 0) is 73.5 Å². The number of aromatic amines is 1. The molecule has 1 saturated heterocycles. The third kappa shape index (κ3) is 4.15. The van der Waals surface area contributed by atoms with Gasteiger partial charge in [0.15, 0.2) is 5.82 Å². The zero-order valence-electron chi connectivity index (χ0n) is 18.0. The van der Waals surface area contributed by atoms with Gasteiger partial charge in [0, 0.05) is 23.6 Å². The van der Waals surface area contributed by atoms with Gasteiger partial charge in [-0.15, -0.1) is 5.10 Å². The fourth-order valence-electron chi connectivity index (χ4n) is 4.49. The lowest BCUT2D eigenvalue weighted by Crippen LogP contribution is -2.36. The van der Waals surface area contributed by atoms with Gasteiger partial charge in [0.1, 0.15) is 6.04 Å². The fourth-order valence-corrected chi connectivity index (χ4v) is 4.49. The Hall–Kier alpha value is -2.58. The standard InChI is InChI=1S/C22H30N6O2/c1-15-12-16(2)17-14-18(22(29)23-19(17)13-15)20(27-8-6-4-5-7-9-27)21-24-25-26-28(21)10-11-30-3/h12-14,20H,4-11H2,1-3H3,(H,23,29)/t20-/m0/s1. The maximum absolute atomic E-state index is 13.3. The van der Waals surface area contributed by atoms with E-state index in [1.54, 1.807) is 11.8 Å². The molecular formula is C22H30N6O2. The number of methoxy groups -OCH3 is 1. The number of tetrazole rings is 1. The van der Waals surface area contributed by atoms with Crippen LogP contribution in [0.15, 0.2) is 23.0 Å². The van der Waals surface area contributed by atoms with Crippen molar-refractivity contribution in [2.24, 2.45) is 0 Å². The van der Waals surface area contributed by atoms with Crippen molar-refractivity contribution in [2.45, 2.75) is 52.1 Å². The van der Waals surface area contributed by atoms with Crippen LogP contribution in [0, 0.1) is 13.8 Å². The van der Waals surface area contributed by atoms with Crippen molar-refractivity contribution in [3.63, 3.8) is 0 Å². The van der Waals surface area contributed by atoms with E-state index in [1.165, 1.54) is 12.8 Å². The number of aromatic nitrogens is 5. The Morgan fingerprint density at radius 2 is 1.90 bits per heavy atom. The second kappa shape index (κ2) is 9.06. The van der Waals surface area contributed by atoms with E-state index in [4.69, 9.17) is 4.74 Å². The van der Waals surface area contributed by atoms with E-state index in [1.807, 2.05) is 19.1 Å². The Balaban J connectivity index is 1.86. The normalized spacial score (nSPS) is 16.6. The number of rotatable bonds is 6. The lowest BCUT2D eigenvalue weighted by atomic mass is 10.00. The van der Waals surface area contributed by atoms with E-state index < -0.39 is 0 Å². The first-order valence-electron chi connectivity index (χ1n) is 10.7. The molecule has 8 nitrogen and oxygen atoms in total. The van der Waals surface area contributed by atoms with Gasteiger partial charge in [0.25, 0.3) is 5.56 Å². The monoisotopic (exact) mass is 410 g/mol. The average Bonchev–Trinajstić information content (AvgIpc) is 3.00. The number of aryl methyl sites for hydroxylation is 2. The fraction of sp³-hybridized carbons (Fsp3) is 0.545. The van der Waals surface area contributed by atoms with Gasteiger partial charge in [-0.1, -0.05) is 18.9 Å². The Kier molecular flexibility index (Phi) is 6.24. The molecule has 1 N–H and O–H groups in total. The summed E-state index contributed by atoms with van der Waals surface area (Å²) >= 11 is 0.